The normalized spacial score (nSPS) is 51.6. The summed E-state index contributed by atoms with van der Waals surface area (Å²) < 4.78 is 38.1. The number of aliphatic hydroxyl groups excluding tert-OH is 3. The van der Waals surface area contributed by atoms with E-state index in [0.29, 0.717) is 12.8 Å². The molecule has 0 radical (unpaired) electrons. The Hall–Kier alpha value is -0.550. The summed E-state index contributed by atoms with van der Waals surface area (Å²) >= 11 is 0. The summed E-state index contributed by atoms with van der Waals surface area (Å²) in [6.07, 6.45) is -9.14. The molecule has 12 nitrogen and oxygen atoms in total. The quantitative estimate of drug-likeness (QED) is 0.191. The van der Waals surface area contributed by atoms with Crippen molar-refractivity contribution in [2.45, 2.75) is 98.8 Å². The van der Waals surface area contributed by atoms with Crippen LogP contribution in [-0.4, -0.2) is 108 Å². The number of hydrogen-bond donors (Lipinski definition) is 8. The minimum absolute atomic E-state index is 0.166. The second kappa shape index (κ2) is 10.6. The Kier molecular flexibility index (Phi) is 8.57. The van der Waals surface area contributed by atoms with Crippen LogP contribution in [0.2, 0.25) is 0 Å². The fourth-order valence-electron chi connectivity index (χ4n) is 4.31. The number of rotatable bonds is 6. The fourth-order valence-corrected chi connectivity index (χ4v) is 4.31. The standard InChI is InChI=1S/C18H36FN5O7/c19-11-15(30-17-7(21)2-1-6(4-20)28-17)8(22)3-9(23)16(11)31-18-14(27)12(24)13(26)10(5-25)29-18/h6-18,25-27H,1-5,20-24H2/t6-,7+,8-,9+,10+,11+,12-,13+,14-,15+,16-,17+,18+/m0/s1. The SMILES string of the molecule is NC[C@@H]1CC[C@@H](N)[C@@H](O[C@H]2[C@@H](F)[C@@H](O[C@H]3O[C@H](CO)[C@@H](O)[C@H](N)[C@@H]3O)[C@H](N)C[C@@H]2N)O1. The summed E-state index contributed by atoms with van der Waals surface area (Å²) in [5, 5.41) is 29.6. The van der Waals surface area contributed by atoms with E-state index in [2.05, 4.69) is 0 Å². The Bertz CT molecular complexity index is 581. The summed E-state index contributed by atoms with van der Waals surface area (Å²) in [6, 6.07) is -3.20. The predicted molar refractivity (Wildman–Crippen MR) is 106 cm³/mol. The number of halogens is 1. The molecule has 3 rings (SSSR count). The smallest absolute Gasteiger partial charge is 0.186 e. The van der Waals surface area contributed by atoms with Gasteiger partial charge in [0.2, 0.25) is 0 Å². The van der Waals surface area contributed by atoms with Crippen LogP contribution in [0.3, 0.4) is 0 Å². The van der Waals surface area contributed by atoms with Crippen molar-refractivity contribution in [3.8, 4) is 0 Å². The van der Waals surface area contributed by atoms with Crippen molar-refractivity contribution in [1.82, 2.24) is 0 Å². The highest BCUT2D eigenvalue weighted by molar-refractivity contribution is 5.01. The van der Waals surface area contributed by atoms with Gasteiger partial charge in [0, 0.05) is 18.6 Å². The summed E-state index contributed by atoms with van der Waals surface area (Å²) in [6.45, 7) is -0.277. The van der Waals surface area contributed by atoms with E-state index >= 15 is 4.39 Å². The zero-order valence-corrected chi connectivity index (χ0v) is 17.3. The third-order valence-corrected chi connectivity index (χ3v) is 6.30. The first-order chi connectivity index (χ1) is 14.7. The van der Waals surface area contributed by atoms with Crippen LogP contribution >= 0.6 is 0 Å². The first kappa shape index (κ1) is 25.1. The van der Waals surface area contributed by atoms with Crippen LogP contribution in [0.4, 0.5) is 4.39 Å². The lowest BCUT2D eigenvalue weighted by Gasteiger charge is -2.46. The van der Waals surface area contributed by atoms with Crippen molar-refractivity contribution in [2.75, 3.05) is 13.2 Å². The van der Waals surface area contributed by atoms with Gasteiger partial charge in [-0.05, 0) is 19.3 Å². The summed E-state index contributed by atoms with van der Waals surface area (Å²) in [7, 11) is 0. The zero-order valence-electron chi connectivity index (χ0n) is 17.3. The fraction of sp³-hybridized carbons (Fsp3) is 1.00. The van der Waals surface area contributed by atoms with Crippen LogP contribution < -0.4 is 28.7 Å². The van der Waals surface area contributed by atoms with E-state index in [1.807, 2.05) is 0 Å². The van der Waals surface area contributed by atoms with Gasteiger partial charge in [-0.15, -0.1) is 0 Å². The largest absolute Gasteiger partial charge is 0.394 e. The second-order valence-electron chi connectivity index (χ2n) is 8.60. The van der Waals surface area contributed by atoms with Crippen LogP contribution in [0.1, 0.15) is 19.3 Å². The van der Waals surface area contributed by atoms with E-state index in [1.165, 1.54) is 0 Å². The van der Waals surface area contributed by atoms with Gasteiger partial charge in [0.25, 0.3) is 0 Å². The molecule has 13 atom stereocenters. The summed E-state index contributed by atoms with van der Waals surface area (Å²) in [4.78, 5) is 0. The molecule has 3 aliphatic rings. The first-order valence-corrected chi connectivity index (χ1v) is 10.6. The van der Waals surface area contributed by atoms with Gasteiger partial charge in [-0.1, -0.05) is 0 Å². The maximum Gasteiger partial charge on any atom is 0.186 e. The van der Waals surface area contributed by atoms with Crippen molar-refractivity contribution < 1.29 is 38.7 Å². The summed E-state index contributed by atoms with van der Waals surface area (Å²) in [5.74, 6) is 0. The highest BCUT2D eigenvalue weighted by atomic mass is 19.1. The Labute approximate surface area is 180 Å². The topological polar surface area (TPSA) is 228 Å². The highest BCUT2D eigenvalue weighted by Gasteiger charge is 2.50. The van der Waals surface area contributed by atoms with E-state index in [-0.39, 0.29) is 19.1 Å². The maximum atomic E-state index is 15.5. The molecule has 2 aliphatic heterocycles. The molecule has 2 heterocycles. The van der Waals surface area contributed by atoms with Gasteiger partial charge in [0.15, 0.2) is 18.8 Å². The van der Waals surface area contributed by atoms with E-state index in [9.17, 15) is 15.3 Å². The molecule has 0 aromatic carbocycles. The lowest BCUT2D eigenvalue weighted by Crippen LogP contribution is -2.67. The highest BCUT2D eigenvalue weighted by Crippen LogP contribution is 2.32. The van der Waals surface area contributed by atoms with Crippen LogP contribution in [0.15, 0.2) is 0 Å². The number of ether oxygens (including phenoxy) is 4. The Morgan fingerprint density at radius 1 is 0.871 bits per heavy atom. The maximum absolute atomic E-state index is 15.5. The van der Waals surface area contributed by atoms with Gasteiger partial charge >= 0.3 is 0 Å². The van der Waals surface area contributed by atoms with Crippen molar-refractivity contribution in [3.05, 3.63) is 0 Å². The van der Waals surface area contributed by atoms with Crippen molar-refractivity contribution in [1.29, 1.82) is 0 Å². The molecule has 1 saturated carbocycles. The third-order valence-electron chi connectivity index (χ3n) is 6.30. The molecule has 13 N–H and O–H groups in total. The van der Waals surface area contributed by atoms with Gasteiger partial charge in [0.1, 0.15) is 30.5 Å². The van der Waals surface area contributed by atoms with E-state index in [4.69, 9.17) is 47.6 Å². The average Bonchev–Trinajstić information content (AvgIpc) is 2.75. The lowest BCUT2D eigenvalue weighted by atomic mass is 9.85. The van der Waals surface area contributed by atoms with E-state index < -0.39 is 80.0 Å². The zero-order chi connectivity index (χ0) is 22.9. The first-order valence-electron chi connectivity index (χ1n) is 10.6. The molecule has 0 unspecified atom stereocenters. The Balaban J connectivity index is 1.69. The molecule has 1 aliphatic carbocycles. The number of nitrogens with two attached hydrogens (primary N) is 5. The van der Waals surface area contributed by atoms with Crippen molar-refractivity contribution in [2.24, 2.45) is 28.7 Å². The number of alkyl halides is 1. The molecule has 13 heteroatoms. The van der Waals surface area contributed by atoms with Crippen molar-refractivity contribution >= 4 is 0 Å². The molecule has 182 valence electrons. The van der Waals surface area contributed by atoms with Gasteiger partial charge in [-0.2, -0.15) is 0 Å². The minimum atomic E-state index is -1.79. The van der Waals surface area contributed by atoms with Crippen molar-refractivity contribution in [3.63, 3.8) is 0 Å². The van der Waals surface area contributed by atoms with Gasteiger partial charge in [0.05, 0.1) is 24.8 Å². The third kappa shape index (κ3) is 5.34. The predicted octanol–water partition coefficient (Wildman–Crippen LogP) is -4.29. The summed E-state index contributed by atoms with van der Waals surface area (Å²) in [5.41, 5.74) is 29.7. The average molecular weight is 454 g/mol. The monoisotopic (exact) mass is 453 g/mol. The molecular formula is C18H36FN5O7. The molecule has 31 heavy (non-hydrogen) atoms. The molecule has 0 amide bonds. The lowest BCUT2D eigenvalue weighted by molar-refractivity contribution is -0.307. The Morgan fingerprint density at radius 2 is 1.48 bits per heavy atom. The van der Waals surface area contributed by atoms with E-state index in [0.717, 1.165) is 0 Å². The molecule has 3 fully saturated rings. The minimum Gasteiger partial charge on any atom is -0.394 e. The van der Waals surface area contributed by atoms with Gasteiger partial charge < -0.3 is 62.9 Å². The van der Waals surface area contributed by atoms with Crippen LogP contribution in [0, 0.1) is 0 Å². The molecule has 0 spiro atoms. The molecule has 0 bridgehead atoms. The Morgan fingerprint density at radius 3 is 2.06 bits per heavy atom. The van der Waals surface area contributed by atoms with Crippen LogP contribution in [0.5, 0.6) is 0 Å². The van der Waals surface area contributed by atoms with Gasteiger partial charge in [-0.3, -0.25) is 0 Å². The molecule has 0 aromatic heterocycles. The number of hydrogen-bond acceptors (Lipinski definition) is 12. The second-order valence-corrected chi connectivity index (χ2v) is 8.60. The van der Waals surface area contributed by atoms with Crippen LogP contribution in [0.25, 0.3) is 0 Å². The molecule has 2 saturated heterocycles. The number of aliphatic hydroxyl groups is 3. The molecule has 0 aromatic rings. The van der Waals surface area contributed by atoms with Crippen LogP contribution in [-0.2, 0) is 18.9 Å². The van der Waals surface area contributed by atoms with Gasteiger partial charge in [-0.25, -0.2) is 4.39 Å². The molecular weight excluding hydrogens is 417 g/mol. The van der Waals surface area contributed by atoms with E-state index in [1.54, 1.807) is 0 Å².